The average Bonchev–Trinajstić information content (AvgIpc) is 2.40. The summed E-state index contributed by atoms with van der Waals surface area (Å²) in [5, 5.41) is 21.2. The summed E-state index contributed by atoms with van der Waals surface area (Å²) in [6, 6.07) is 11.5. The Morgan fingerprint density at radius 1 is 1.26 bits per heavy atom. The van der Waals surface area contributed by atoms with E-state index in [4.69, 9.17) is 10.4 Å². The van der Waals surface area contributed by atoms with Gasteiger partial charge in [-0.05, 0) is 35.9 Å². The highest BCUT2D eigenvalue weighted by Gasteiger charge is 2.04. The number of phenols is 1. The predicted molar refractivity (Wildman–Crippen MR) is 74.2 cm³/mol. The highest BCUT2D eigenvalue weighted by atomic mass is 79.9. The molecule has 2 aromatic rings. The molecule has 0 spiro atoms. The summed E-state index contributed by atoms with van der Waals surface area (Å²) in [5.41, 5.74) is 1.87. The molecule has 3 nitrogen and oxygen atoms in total. The van der Waals surface area contributed by atoms with Gasteiger partial charge in [0.15, 0.2) is 11.6 Å². The quantitative estimate of drug-likeness (QED) is 0.904. The molecule has 2 rings (SSSR count). The number of phenolic OH excluding ortho intramolecular Hbond substituents is 1. The van der Waals surface area contributed by atoms with Gasteiger partial charge in [-0.1, -0.05) is 22.0 Å². The van der Waals surface area contributed by atoms with Crippen molar-refractivity contribution in [1.29, 1.82) is 5.26 Å². The van der Waals surface area contributed by atoms with E-state index >= 15 is 0 Å². The molecule has 0 aliphatic heterocycles. The van der Waals surface area contributed by atoms with Gasteiger partial charge < -0.3 is 10.4 Å². The van der Waals surface area contributed by atoms with Gasteiger partial charge in [-0.25, -0.2) is 4.39 Å². The molecule has 0 aliphatic rings. The Kier molecular flexibility index (Phi) is 4.03. The fraction of sp³-hybridized carbons (Fsp3) is 0.0714. The summed E-state index contributed by atoms with van der Waals surface area (Å²) in [4.78, 5) is 0. The van der Waals surface area contributed by atoms with Crippen LogP contribution in [0.25, 0.3) is 0 Å². The Balaban J connectivity index is 2.16. The van der Waals surface area contributed by atoms with Crippen molar-refractivity contribution in [3.05, 3.63) is 57.8 Å². The number of nitriles is 1. The maximum absolute atomic E-state index is 13.2. The van der Waals surface area contributed by atoms with Crippen LogP contribution in [0.2, 0.25) is 0 Å². The van der Waals surface area contributed by atoms with Crippen LogP contribution < -0.4 is 5.32 Å². The Morgan fingerprint density at radius 2 is 2.05 bits per heavy atom. The second-order valence-corrected chi connectivity index (χ2v) is 4.86. The minimum atomic E-state index is -0.658. The molecule has 0 aromatic heterocycles. The molecule has 0 heterocycles. The molecule has 0 unspecified atom stereocenters. The second kappa shape index (κ2) is 5.72. The first-order valence-electron chi connectivity index (χ1n) is 5.51. The number of nitrogens with one attached hydrogen (secondary N) is 1. The van der Waals surface area contributed by atoms with Gasteiger partial charge in [-0.3, -0.25) is 0 Å². The third-order valence-corrected chi connectivity index (χ3v) is 3.09. The molecule has 0 fully saturated rings. The number of nitrogens with zero attached hydrogens (tertiary/aromatic N) is 1. The lowest BCUT2D eigenvalue weighted by Gasteiger charge is -2.09. The van der Waals surface area contributed by atoms with E-state index in [1.54, 1.807) is 24.3 Å². The van der Waals surface area contributed by atoms with Crippen molar-refractivity contribution in [1.82, 2.24) is 0 Å². The number of halogens is 2. The first-order chi connectivity index (χ1) is 9.10. The summed E-state index contributed by atoms with van der Waals surface area (Å²) in [6.07, 6.45) is 0. The van der Waals surface area contributed by atoms with Crippen LogP contribution in [0, 0.1) is 17.1 Å². The van der Waals surface area contributed by atoms with E-state index < -0.39 is 5.82 Å². The van der Waals surface area contributed by atoms with E-state index in [9.17, 15) is 4.39 Å². The Morgan fingerprint density at radius 3 is 2.74 bits per heavy atom. The summed E-state index contributed by atoms with van der Waals surface area (Å²) < 4.78 is 14.0. The van der Waals surface area contributed by atoms with E-state index in [1.807, 2.05) is 0 Å². The second-order valence-electron chi connectivity index (χ2n) is 3.94. The van der Waals surface area contributed by atoms with Crippen molar-refractivity contribution in [2.45, 2.75) is 6.54 Å². The standard InChI is InChI=1S/C14H10BrFN2O/c15-11-3-2-10(7-17)13(6-11)18-8-9-1-4-14(19)12(16)5-9/h1-6,18-19H,8H2. The molecular weight excluding hydrogens is 311 g/mol. The van der Waals surface area contributed by atoms with Gasteiger partial charge in [0.1, 0.15) is 6.07 Å². The summed E-state index contributed by atoms with van der Waals surface area (Å²) in [7, 11) is 0. The van der Waals surface area contributed by atoms with Gasteiger partial charge in [-0.15, -0.1) is 0 Å². The van der Waals surface area contributed by atoms with Gasteiger partial charge in [0.25, 0.3) is 0 Å². The number of anilines is 1. The SMILES string of the molecule is N#Cc1ccc(Br)cc1NCc1ccc(O)c(F)c1. The van der Waals surface area contributed by atoms with Crippen molar-refractivity contribution in [2.24, 2.45) is 0 Å². The lowest BCUT2D eigenvalue weighted by atomic mass is 10.1. The molecule has 0 atom stereocenters. The third-order valence-electron chi connectivity index (χ3n) is 2.60. The van der Waals surface area contributed by atoms with Crippen molar-refractivity contribution in [3.63, 3.8) is 0 Å². The fourth-order valence-corrected chi connectivity index (χ4v) is 1.98. The first-order valence-corrected chi connectivity index (χ1v) is 6.30. The molecule has 5 heteroatoms. The molecule has 19 heavy (non-hydrogen) atoms. The lowest BCUT2D eigenvalue weighted by Crippen LogP contribution is -2.01. The fourth-order valence-electron chi connectivity index (χ4n) is 1.62. The van der Waals surface area contributed by atoms with Crippen LogP contribution in [-0.2, 0) is 6.54 Å². The smallest absolute Gasteiger partial charge is 0.165 e. The highest BCUT2D eigenvalue weighted by molar-refractivity contribution is 9.10. The van der Waals surface area contributed by atoms with Gasteiger partial charge in [-0.2, -0.15) is 5.26 Å². The molecule has 0 saturated heterocycles. The number of benzene rings is 2. The van der Waals surface area contributed by atoms with E-state index in [0.717, 1.165) is 4.47 Å². The van der Waals surface area contributed by atoms with Gasteiger partial charge >= 0.3 is 0 Å². The monoisotopic (exact) mass is 320 g/mol. The summed E-state index contributed by atoms with van der Waals surface area (Å²) in [6.45, 7) is 0.363. The first kappa shape index (κ1) is 13.4. The number of hydrogen-bond donors (Lipinski definition) is 2. The summed E-state index contributed by atoms with van der Waals surface area (Å²) >= 11 is 3.33. The highest BCUT2D eigenvalue weighted by Crippen LogP contribution is 2.22. The van der Waals surface area contributed by atoms with Crippen LogP contribution in [0.3, 0.4) is 0 Å². The van der Waals surface area contributed by atoms with E-state index in [-0.39, 0.29) is 5.75 Å². The zero-order chi connectivity index (χ0) is 13.8. The number of hydrogen-bond acceptors (Lipinski definition) is 3. The van der Waals surface area contributed by atoms with Gasteiger partial charge in [0, 0.05) is 11.0 Å². The summed E-state index contributed by atoms with van der Waals surface area (Å²) in [5.74, 6) is -1.03. The van der Waals surface area contributed by atoms with Crippen LogP contribution in [-0.4, -0.2) is 5.11 Å². The van der Waals surface area contributed by atoms with Crippen LogP contribution in [0.5, 0.6) is 5.75 Å². The van der Waals surface area contributed by atoms with E-state index in [2.05, 4.69) is 27.3 Å². The van der Waals surface area contributed by atoms with Gasteiger partial charge in [0.05, 0.1) is 11.3 Å². The Bertz CT molecular complexity index is 652. The van der Waals surface area contributed by atoms with Crippen LogP contribution in [0.4, 0.5) is 10.1 Å². The van der Waals surface area contributed by atoms with Crippen molar-refractivity contribution in [2.75, 3.05) is 5.32 Å². The van der Waals surface area contributed by atoms with E-state index in [1.165, 1.54) is 12.1 Å². The van der Waals surface area contributed by atoms with Crippen LogP contribution in [0.1, 0.15) is 11.1 Å². The molecule has 0 bridgehead atoms. The molecule has 96 valence electrons. The number of aromatic hydroxyl groups is 1. The van der Waals surface area contributed by atoms with Crippen molar-refractivity contribution in [3.8, 4) is 11.8 Å². The maximum atomic E-state index is 13.2. The normalized spacial score (nSPS) is 9.95. The van der Waals surface area contributed by atoms with Crippen molar-refractivity contribution >= 4 is 21.6 Å². The number of rotatable bonds is 3. The Hall–Kier alpha value is -2.06. The minimum absolute atomic E-state index is 0.363. The largest absolute Gasteiger partial charge is 0.505 e. The third kappa shape index (κ3) is 3.24. The average molecular weight is 321 g/mol. The van der Waals surface area contributed by atoms with Crippen molar-refractivity contribution < 1.29 is 9.50 Å². The zero-order valence-corrected chi connectivity index (χ0v) is 11.4. The minimum Gasteiger partial charge on any atom is -0.505 e. The van der Waals surface area contributed by atoms with Crippen LogP contribution >= 0.6 is 15.9 Å². The molecule has 0 aliphatic carbocycles. The zero-order valence-electron chi connectivity index (χ0n) is 9.82. The molecule has 2 aromatic carbocycles. The van der Waals surface area contributed by atoms with Gasteiger partial charge in [0.2, 0.25) is 0 Å². The molecule has 0 amide bonds. The maximum Gasteiger partial charge on any atom is 0.165 e. The Labute approximate surface area is 118 Å². The topological polar surface area (TPSA) is 56.0 Å². The molecule has 0 radical (unpaired) electrons. The molecule has 2 N–H and O–H groups in total. The molecule has 0 saturated carbocycles. The van der Waals surface area contributed by atoms with E-state index in [0.29, 0.717) is 23.4 Å². The lowest BCUT2D eigenvalue weighted by molar-refractivity contribution is 0.432. The predicted octanol–water partition coefficient (Wildman–Crippen LogP) is 3.78. The van der Waals surface area contributed by atoms with Crippen LogP contribution in [0.15, 0.2) is 40.9 Å². The molecular formula is C14H10BrFN2O.